The Hall–Kier alpha value is -2.50. The molecule has 1 heterocycles. The molecule has 2 N–H and O–H groups in total. The second kappa shape index (κ2) is 7.86. The minimum Gasteiger partial charge on any atom is -0.493 e. The van der Waals surface area contributed by atoms with Crippen molar-refractivity contribution in [3.8, 4) is 5.75 Å². The smallest absolute Gasteiger partial charge is 0.319 e. The van der Waals surface area contributed by atoms with Gasteiger partial charge in [-0.1, -0.05) is 18.2 Å². The molecule has 0 aliphatic carbocycles. The van der Waals surface area contributed by atoms with E-state index in [2.05, 4.69) is 10.6 Å². The summed E-state index contributed by atoms with van der Waals surface area (Å²) < 4.78 is 5.75. The van der Waals surface area contributed by atoms with Crippen molar-refractivity contribution in [1.29, 1.82) is 0 Å². The van der Waals surface area contributed by atoms with Gasteiger partial charge in [-0.3, -0.25) is 4.79 Å². The Kier molecular flexibility index (Phi) is 5.84. The summed E-state index contributed by atoms with van der Waals surface area (Å²) in [7, 11) is 1.76. The lowest BCUT2D eigenvalue weighted by Gasteiger charge is -2.28. The maximum atomic E-state index is 12.6. The fourth-order valence-corrected chi connectivity index (χ4v) is 2.72. The van der Waals surface area contributed by atoms with Crippen molar-refractivity contribution in [2.24, 2.45) is 0 Å². The van der Waals surface area contributed by atoms with Crippen LogP contribution >= 0.6 is 0 Å². The summed E-state index contributed by atoms with van der Waals surface area (Å²) in [6.07, 6.45) is 0.733. The average molecular weight is 331 g/mol. The van der Waals surface area contributed by atoms with Gasteiger partial charge >= 0.3 is 6.03 Å². The Morgan fingerprint density at radius 2 is 2.00 bits per heavy atom. The average Bonchev–Trinajstić information content (AvgIpc) is 2.51. The molecule has 3 amide bonds. The van der Waals surface area contributed by atoms with E-state index in [0.717, 1.165) is 17.7 Å². The summed E-state index contributed by atoms with van der Waals surface area (Å²) in [5.41, 5.74) is 2.30. The first-order chi connectivity index (χ1) is 11.4. The van der Waals surface area contributed by atoms with Crippen molar-refractivity contribution in [2.45, 2.75) is 33.2 Å². The van der Waals surface area contributed by atoms with Gasteiger partial charge in [0.15, 0.2) is 0 Å². The predicted molar refractivity (Wildman–Crippen MR) is 92.8 cm³/mol. The van der Waals surface area contributed by atoms with E-state index < -0.39 is 0 Å². The highest BCUT2D eigenvalue weighted by molar-refractivity contribution is 5.98. The number of aryl methyl sites for hydroxylation is 1. The minimum atomic E-state index is -0.295. The van der Waals surface area contributed by atoms with Crippen molar-refractivity contribution in [3.63, 3.8) is 0 Å². The van der Waals surface area contributed by atoms with Crippen molar-refractivity contribution in [3.05, 3.63) is 41.1 Å². The standard InChI is InChI=1S/C18H25N3O3/c1-12-8-5-6-9-15(12)24-11-7-10-21(4)17(22)16-13(2)19-18(23)20-14(16)3/h5-6,8-9,13H,7,10-11H2,1-4H3,(H2,19,20,23)/t13-/m1/s1. The number of carbonyl (C=O) groups excluding carboxylic acids is 2. The summed E-state index contributed by atoms with van der Waals surface area (Å²) in [4.78, 5) is 25.6. The molecule has 2 rings (SSSR count). The Morgan fingerprint density at radius 3 is 2.67 bits per heavy atom. The number of nitrogens with zero attached hydrogens (tertiary/aromatic N) is 1. The van der Waals surface area contributed by atoms with Crippen LogP contribution in [0.2, 0.25) is 0 Å². The number of hydrogen-bond acceptors (Lipinski definition) is 3. The van der Waals surface area contributed by atoms with E-state index in [1.165, 1.54) is 0 Å². The molecule has 6 heteroatoms. The first-order valence-corrected chi connectivity index (χ1v) is 8.12. The van der Waals surface area contributed by atoms with Crippen LogP contribution in [0, 0.1) is 6.92 Å². The van der Waals surface area contributed by atoms with Gasteiger partial charge < -0.3 is 20.3 Å². The van der Waals surface area contributed by atoms with Gasteiger partial charge in [0.25, 0.3) is 5.91 Å². The molecule has 0 fully saturated rings. The molecule has 6 nitrogen and oxygen atoms in total. The third-order valence-corrected chi connectivity index (χ3v) is 4.05. The van der Waals surface area contributed by atoms with Gasteiger partial charge in [0.05, 0.1) is 18.2 Å². The van der Waals surface area contributed by atoms with Crippen molar-refractivity contribution in [1.82, 2.24) is 15.5 Å². The van der Waals surface area contributed by atoms with Gasteiger partial charge in [0.1, 0.15) is 5.75 Å². The lowest BCUT2D eigenvalue weighted by molar-refractivity contribution is -0.126. The van der Waals surface area contributed by atoms with E-state index in [-0.39, 0.29) is 18.0 Å². The summed E-state index contributed by atoms with van der Waals surface area (Å²) in [5.74, 6) is 0.793. The van der Waals surface area contributed by atoms with E-state index in [4.69, 9.17) is 4.74 Å². The highest BCUT2D eigenvalue weighted by Gasteiger charge is 2.28. The zero-order valence-electron chi connectivity index (χ0n) is 14.7. The summed E-state index contributed by atoms with van der Waals surface area (Å²) in [6.45, 7) is 6.70. The molecular formula is C18H25N3O3. The molecule has 0 unspecified atom stereocenters. The van der Waals surface area contributed by atoms with Crippen LogP contribution in [-0.2, 0) is 4.79 Å². The number of nitrogens with one attached hydrogen (secondary N) is 2. The van der Waals surface area contributed by atoms with Crippen LogP contribution in [0.15, 0.2) is 35.5 Å². The first kappa shape index (κ1) is 17.8. The number of hydrogen-bond donors (Lipinski definition) is 2. The zero-order chi connectivity index (χ0) is 17.7. The molecule has 0 bridgehead atoms. The van der Waals surface area contributed by atoms with Gasteiger partial charge in [-0.05, 0) is 38.8 Å². The van der Waals surface area contributed by atoms with E-state index in [1.54, 1.807) is 18.9 Å². The molecule has 0 saturated carbocycles. The molecule has 1 atom stereocenters. The maximum absolute atomic E-state index is 12.6. The minimum absolute atomic E-state index is 0.0802. The first-order valence-electron chi connectivity index (χ1n) is 8.12. The SMILES string of the molecule is CC1=C(C(=O)N(C)CCCOc2ccccc2C)[C@@H](C)NC(=O)N1. The molecular weight excluding hydrogens is 306 g/mol. The lowest BCUT2D eigenvalue weighted by Crippen LogP contribution is -2.50. The van der Waals surface area contributed by atoms with Crippen molar-refractivity contribution in [2.75, 3.05) is 20.2 Å². The monoisotopic (exact) mass is 331 g/mol. The van der Waals surface area contributed by atoms with Gasteiger partial charge in [-0.2, -0.15) is 0 Å². The van der Waals surface area contributed by atoms with E-state index >= 15 is 0 Å². The topological polar surface area (TPSA) is 70.7 Å². The predicted octanol–water partition coefficient (Wildman–Crippen LogP) is 2.20. The second-order valence-electron chi connectivity index (χ2n) is 6.05. The Morgan fingerprint density at radius 1 is 1.29 bits per heavy atom. The van der Waals surface area contributed by atoms with Crippen LogP contribution in [0.25, 0.3) is 0 Å². The fourth-order valence-electron chi connectivity index (χ4n) is 2.72. The Labute approximate surface area is 142 Å². The molecule has 130 valence electrons. The highest BCUT2D eigenvalue weighted by Crippen LogP contribution is 2.17. The number of amides is 3. The van der Waals surface area contributed by atoms with Gasteiger partial charge in [0, 0.05) is 19.3 Å². The van der Waals surface area contributed by atoms with Crippen molar-refractivity contribution >= 4 is 11.9 Å². The fraction of sp³-hybridized carbons (Fsp3) is 0.444. The number of ether oxygens (including phenoxy) is 1. The Bertz CT molecular complexity index is 655. The van der Waals surface area contributed by atoms with E-state index in [9.17, 15) is 9.59 Å². The summed E-state index contributed by atoms with van der Waals surface area (Å²) >= 11 is 0. The number of para-hydroxylation sites is 1. The number of urea groups is 1. The molecule has 0 aromatic heterocycles. The highest BCUT2D eigenvalue weighted by atomic mass is 16.5. The molecule has 1 aliphatic heterocycles. The number of rotatable bonds is 6. The number of carbonyl (C=O) groups is 2. The summed E-state index contributed by atoms with van der Waals surface area (Å²) in [5, 5.41) is 5.36. The van der Waals surface area contributed by atoms with Gasteiger partial charge in [-0.25, -0.2) is 4.79 Å². The second-order valence-corrected chi connectivity index (χ2v) is 6.05. The van der Waals surface area contributed by atoms with Gasteiger partial charge in [0.2, 0.25) is 0 Å². The van der Waals surface area contributed by atoms with Crippen LogP contribution in [0.3, 0.4) is 0 Å². The number of allylic oxidation sites excluding steroid dienone is 1. The van der Waals surface area contributed by atoms with Gasteiger partial charge in [-0.15, -0.1) is 0 Å². The number of benzene rings is 1. The van der Waals surface area contributed by atoms with Crippen LogP contribution < -0.4 is 15.4 Å². The maximum Gasteiger partial charge on any atom is 0.319 e. The normalized spacial score (nSPS) is 17.2. The van der Waals surface area contributed by atoms with Crippen LogP contribution in [0.5, 0.6) is 5.75 Å². The molecule has 0 spiro atoms. The Balaban J connectivity index is 1.85. The zero-order valence-corrected chi connectivity index (χ0v) is 14.7. The summed E-state index contributed by atoms with van der Waals surface area (Å²) in [6, 6.07) is 7.30. The van der Waals surface area contributed by atoms with E-state index in [0.29, 0.717) is 24.4 Å². The molecule has 0 radical (unpaired) electrons. The van der Waals surface area contributed by atoms with Crippen LogP contribution in [0.1, 0.15) is 25.8 Å². The van der Waals surface area contributed by atoms with Crippen LogP contribution in [0.4, 0.5) is 4.79 Å². The molecule has 1 aromatic carbocycles. The third-order valence-electron chi connectivity index (χ3n) is 4.05. The molecule has 0 saturated heterocycles. The van der Waals surface area contributed by atoms with Crippen LogP contribution in [-0.4, -0.2) is 43.1 Å². The molecule has 24 heavy (non-hydrogen) atoms. The molecule has 1 aromatic rings. The number of likely N-dealkylation sites (N-methyl/N-ethyl adjacent to an activating group) is 1. The lowest BCUT2D eigenvalue weighted by atomic mass is 10.0. The largest absolute Gasteiger partial charge is 0.493 e. The van der Waals surface area contributed by atoms with Crippen molar-refractivity contribution < 1.29 is 14.3 Å². The third kappa shape index (κ3) is 4.28. The molecule has 1 aliphatic rings. The van der Waals surface area contributed by atoms with E-state index in [1.807, 2.05) is 38.1 Å². The quantitative estimate of drug-likeness (QED) is 0.785.